The van der Waals surface area contributed by atoms with Gasteiger partial charge in [-0.1, -0.05) is 13.8 Å². The summed E-state index contributed by atoms with van der Waals surface area (Å²) in [4.78, 5) is 15.9. The lowest BCUT2D eigenvalue weighted by molar-refractivity contribution is 0.0953. The summed E-state index contributed by atoms with van der Waals surface area (Å²) in [6.45, 7) is 8.06. The third kappa shape index (κ3) is 3.09. The van der Waals surface area contributed by atoms with Gasteiger partial charge in [-0.15, -0.1) is 11.3 Å². The highest BCUT2D eigenvalue weighted by Gasteiger charge is 2.26. The van der Waals surface area contributed by atoms with E-state index in [1.54, 1.807) is 11.3 Å². The Morgan fingerprint density at radius 2 is 2.21 bits per heavy atom. The highest BCUT2D eigenvalue weighted by Crippen LogP contribution is 2.35. The van der Waals surface area contributed by atoms with Gasteiger partial charge in [0.15, 0.2) is 0 Å². The number of amides is 1. The Hall–Kier alpha value is -1.07. The molecule has 5 heteroatoms. The molecule has 0 atom stereocenters. The fraction of sp³-hybridized carbons (Fsp3) is 0.643. The third-order valence-electron chi connectivity index (χ3n) is 3.47. The fourth-order valence-electron chi connectivity index (χ4n) is 2.56. The van der Waals surface area contributed by atoms with Crippen molar-refractivity contribution in [3.05, 3.63) is 16.0 Å². The summed E-state index contributed by atoms with van der Waals surface area (Å²) in [7, 11) is 0. The van der Waals surface area contributed by atoms with Crippen molar-refractivity contribution < 1.29 is 4.79 Å². The molecule has 2 rings (SSSR count). The lowest BCUT2D eigenvalue weighted by Crippen LogP contribution is -2.32. The molecule has 0 radical (unpaired) electrons. The number of nitrogens with two attached hydrogens (primary N) is 1. The summed E-state index contributed by atoms with van der Waals surface area (Å²) in [6.07, 6.45) is 3.06. The highest BCUT2D eigenvalue weighted by atomic mass is 32.1. The van der Waals surface area contributed by atoms with Crippen LogP contribution in [0.15, 0.2) is 0 Å². The zero-order chi connectivity index (χ0) is 13.8. The summed E-state index contributed by atoms with van der Waals surface area (Å²) in [6, 6.07) is 0. The van der Waals surface area contributed by atoms with Gasteiger partial charge in [0.25, 0.3) is 5.91 Å². The maximum absolute atomic E-state index is 12.2. The van der Waals surface area contributed by atoms with Crippen molar-refractivity contribution in [3.8, 4) is 0 Å². The molecule has 2 heterocycles. The second-order valence-corrected chi connectivity index (χ2v) is 6.16. The smallest absolute Gasteiger partial charge is 0.254 e. The van der Waals surface area contributed by atoms with Crippen molar-refractivity contribution in [1.82, 2.24) is 10.2 Å². The number of carbonyl (C=O) groups is 1. The van der Waals surface area contributed by atoms with Crippen LogP contribution in [-0.4, -0.2) is 30.4 Å². The van der Waals surface area contributed by atoms with Gasteiger partial charge in [0.05, 0.1) is 10.6 Å². The average Bonchev–Trinajstić information content (AvgIpc) is 2.71. The zero-order valence-electron chi connectivity index (χ0n) is 11.8. The Bertz CT molecular complexity index is 456. The van der Waals surface area contributed by atoms with Crippen LogP contribution in [0, 0.1) is 0 Å². The Morgan fingerprint density at radius 1 is 1.42 bits per heavy atom. The molecule has 0 spiro atoms. The number of fused-ring (bicyclic) bond motifs is 1. The summed E-state index contributed by atoms with van der Waals surface area (Å²) >= 11 is 1.58. The second-order valence-electron chi connectivity index (χ2n) is 5.03. The predicted molar refractivity (Wildman–Crippen MR) is 80.6 cm³/mol. The van der Waals surface area contributed by atoms with Gasteiger partial charge >= 0.3 is 0 Å². The molecule has 1 amide bonds. The van der Waals surface area contributed by atoms with Crippen molar-refractivity contribution in [3.63, 3.8) is 0 Å². The standard InChI is InChI=1S/C14H23N3OS/c1-3-6-16-14(18)12-10-5-8-17(7-4-2)9-11(10)19-13(12)15/h3-9,15H2,1-2H3,(H,16,18). The largest absolute Gasteiger partial charge is 0.390 e. The van der Waals surface area contributed by atoms with Crippen LogP contribution >= 0.6 is 11.3 Å². The lowest BCUT2D eigenvalue weighted by Gasteiger charge is -2.26. The first kappa shape index (κ1) is 14.3. The van der Waals surface area contributed by atoms with Gasteiger partial charge in [-0.3, -0.25) is 9.69 Å². The molecule has 1 aromatic heterocycles. The molecule has 19 heavy (non-hydrogen) atoms. The number of hydrogen-bond donors (Lipinski definition) is 2. The SMILES string of the molecule is CCCNC(=O)c1c(N)sc2c1CCN(CCC)C2. The average molecular weight is 281 g/mol. The van der Waals surface area contributed by atoms with E-state index >= 15 is 0 Å². The number of thiophene rings is 1. The van der Waals surface area contributed by atoms with E-state index in [0.29, 0.717) is 11.5 Å². The molecule has 0 fully saturated rings. The van der Waals surface area contributed by atoms with Crippen LogP contribution < -0.4 is 11.1 Å². The van der Waals surface area contributed by atoms with E-state index in [4.69, 9.17) is 5.73 Å². The molecule has 0 saturated carbocycles. The van der Waals surface area contributed by atoms with E-state index in [1.807, 2.05) is 0 Å². The van der Waals surface area contributed by atoms with Crippen LogP contribution in [0.2, 0.25) is 0 Å². The van der Waals surface area contributed by atoms with Gasteiger partial charge < -0.3 is 11.1 Å². The number of anilines is 1. The first-order valence-electron chi connectivity index (χ1n) is 7.07. The van der Waals surface area contributed by atoms with Gasteiger partial charge in [-0.2, -0.15) is 0 Å². The fourth-order valence-corrected chi connectivity index (χ4v) is 3.72. The van der Waals surface area contributed by atoms with Crippen molar-refractivity contribution in [2.75, 3.05) is 25.4 Å². The second kappa shape index (κ2) is 6.39. The van der Waals surface area contributed by atoms with Crippen LogP contribution in [0.25, 0.3) is 0 Å². The van der Waals surface area contributed by atoms with E-state index in [2.05, 4.69) is 24.1 Å². The van der Waals surface area contributed by atoms with E-state index < -0.39 is 0 Å². The maximum Gasteiger partial charge on any atom is 0.254 e. The van der Waals surface area contributed by atoms with Crippen molar-refractivity contribution >= 4 is 22.2 Å². The molecular formula is C14H23N3OS. The minimum atomic E-state index is 0.000733. The van der Waals surface area contributed by atoms with Crippen LogP contribution in [-0.2, 0) is 13.0 Å². The third-order valence-corrected chi connectivity index (χ3v) is 4.51. The maximum atomic E-state index is 12.2. The molecule has 0 bridgehead atoms. The predicted octanol–water partition coefficient (Wildman–Crippen LogP) is 2.24. The number of carbonyl (C=O) groups excluding carboxylic acids is 1. The minimum Gasteiger partial charge on any atom is -0.390 e. The lowest BCUT2D eigenvalue weighted by atomic mass is 10.0. The minimum absolute atomic E-state index is 0.000733. The first-order valence-corrected chi connectivity index (χ1v) is 7.89. The van der Waals surface area contributed by atoms with Gasteiger partial charge in [-0.05, 0) is 31.4 Å². The van der Waals surface area contributed by atoms with Gasteiger partial charge in [0.2, 0.25) is 0 Å². The number of nitrogens with one attached hydrogen (secondary N) is 1. The van der Waals surface area contributed by atoms with Gasteiger partial charge in [0.1, 0.15) is 0 Å². The Balaban J connectivity index is 2.17. The highest BCUT2D eigenvalue weighted by molar-refractivity contribution is 7.16. The number of hydrogen-bond acceptors (Lipinski definition) is 4. The van der Waals surface area contributed by atoms with E-state index in [-0.39, 0.29) is 5.91 Å². The molecule has 0 aliphatic carbocycles. The summed E-state index contributed by atoms with van der Waals surface area (Å²) in [5.74, 6) is 0.000733. The van der Waals surface area contributed by atoms with Crippen molar-refractivity contribution in [2.24, 2.45) is 0 Å². The molecule has 1 aliphatic rings. The molecule has 106 valence electrons. The van der Waals surface area contributed by atoms with Crippen LogP contribution in [0.5, 0.6) is 0 Å². The topological polar surface area (TPSA) is 58.4 Å². The Morgan fingerprint density at radius 3 is 2.89 bits per heavy atom. The first-order chi connectivity index (χ1) is 9.17. The van der Waals surface area contributed by atoms with E-state index in [1.165, 1.54) is 16.9 Å². The van der Waals surface area contributed by atoms with Gasteiger partial charge in [0, 0.05) is 24.5 Å². The van der Waals surface area contributed by atoms with E-state index in [9.17, 15) is 4.79 Å². The summed E-state index contributed by atoms with van der Waals surface area (Å²) in [5.41, 5.74) is 7.98. The van der Waals surface area contributed by atoms with Crippen molar-refractivity contribution in [2.45, 2.75) is 39.7 Å². The van der Waals surface area contributed by atoms with Crippen molar-refractivity contribution in [1.29, 1.82) is 0 Å². The molecule has 1 aromatic rings. The van der Waals surface area contributed by atoms with E-state index in [0.717, 1.165) is 38.0 Å². The molecule has 1 aliphatic heterocycles. The Kier molecular flexibility index (Phi) is 4.82. The molecule has 4 nitrogen and oxygen atoms in total. The summed E-state index contributed by atoms with van der Waals surface area (Å²) < 4.78 is 0. The van der Waals surface area contributed by atoms with Crippen LogP contribution in [0.4, 0.5) is 5.00 Å². The monoisotopic (exact) mass is 281 g/mol. The summed E-state index contributed by atoms with van der Waals surface area (Å²) in [5, 5.41) is 3.61. The van der Waals surface area contributed by atoms with Gasteiger partial charge in [-0.25, -0.2) is 0 Å². The normalized spacial score (nSPS) is 15.3. The Labute approximate surface area is 119 Å². The zero-order valence-corrected chi connectivity index (χ0v) is 12.6. The number of nitrogen functional groups attached to an aromatic ring is 1. The number of rotatable bonds is 5. The molecule has 3 N–H and O–H groups in total. The van der Waals surface area contributed by atoms with Crippen LogP contribution in [0.3, 0.4) is 0 Å². The molecular weight excluding hydrogens is 258 g/mol. The quantitative estimate of drug-likeness (QED) is 0.870. The van der Waals surface area contributed by atoms with Crippen LogP contribution in [0.1, 0.15) is 47.5 Å². The molecule has 0 saturated heterocycles. The molecule has 0 unspecified atom stereocenters. The number of nitrogens with zero attached hydrogens (tertiary/aromatic N) is 1. The molecule has 0 aromatic carbocycles.